The number of piperidine rings is 1. The second-order valence-electron chi connectivity index (χ2n) is 4.89. The second kappa shape index (κ2) is 7.85. The summed E-state index contributed by atoms with van der Waals surface area (Å²) >= 11 is 0. The lowest BCUT2D eigenvalue weighted by Crippen LogP contribution is -2.46. The van der Waals surface area contributed by atoms with Crippen molar-refractivity contribution in [3.8, 4) is 0 Å². The lowest BCUT2D eigenvalue weighted by molar-refractivity contribution is -0.150. The number of sulfone groups is 1. The first-order valence-electron chi connectivity index (χ1n) is 7.11. The highest BCUT2D eigenvalue weighted by molar-refractivity contribution is 7.91. The molecule has 112 valence electrons. The van der Waals surface area contributed by atoms with E-state index >= 15 is 0 Å². The van der Waals surface area contributed by atoms with Gasteiger partial charge in [-0.1, -0.05) is 13.3 Å². The van der Waals surface area contributed by atoms with E-state index in [1.165, 1.54) is 0 Å². The second-order valence-corrected chi connectivity index (χ2v) is 7.36. The Bertz CT molecular complexity index is 380. The van der Waals surface area contributed by atoms with E-state index < -0.39 is 9.84 Å². The van der Waals surface area contributed by atoms with Gasteiger partial charge in [-0.3, -0.25) is 9.69 Å². The van der Waals surface area contributed by atoms with Gasteiger partial charge in [-0.25, -0.2) is 8.42 Å². The van der Waals surface area contributed by atoms with E-state index in [1.54, 1.807) is 13.8 Å². The van der Waals surface area contributed by atoms with Crippen molar-refractivity contribution in [3.05, 3.63) is 0 Å². The van der Waals surface area contributed by atoms with E-state index in [1.807, 2.05) is 0 Å². The molecule has 0 aromatic heterocycles. The van der Waals surface area contributed by atoms with Crippen molar-refractivity contribution in [2.24, 2.45) is 0 Å². The zero-order chi connectivity index (χ0) is 14.3. The van der Waals surface area contributed by atoms with Crippen LogP contribution in [0.25, 0.3) is 0 Å². The number of likely N-dealkylation sites (tertiary alicyclic amines) is 1. The molecule has 0 spiro atoms. The van der Waals surface area contributed by atoms with Crippen LogP contribution in [0.2, 0.25) is 0 Å². The number of carbonyl (C=O) groups is 1. The minimum atomic E-state index is -2.91. The molecule has 0 aromatic rings. The Balaban J connectivity index is 2.47. The van der Waals surface area contributed by atoms with Gasteiger partial charge in [0.15, 0.2) is 0 Å². The number of hydrogen-bond acceptors (Lipinski definition) is 5. The number of hydrogen-bond donors (Lipinski definition) is 0. The van der Waals surface area contributed by atoms with E-state index in [4.69, 9.17) is 4.74 Å². The molecule has 1 rings (SSSR count). The third-order valence-corrected chi connectivity index (χ3v) is 5.30. The fourth-order valence-corrected chi connectivity index (χ4v) is 3.25. The average molecular weight is 291 g/mol. The molecule has 1 saturated heterocycles. The normalized spacial score (nSPS) is 21.3. The number of rotatable bonds is 7. The number of carbonyl (C=O) groups excluding carboxylic acids is 1. The summed E-state index contributed by atoms with van der Waals surface area (Å²) in [6.07, 6.45) is 3.51. The third kappa shape index (κ3) is 5.48. The Morgan fingerprint density at radius 2 is 2.05 bits per heavy atom. The van der Waals surface area contributed by atoms with Crippen molar-refractivity contribution in [2.75, 3.05) is 31.2 Å². The zero-order valence-corrected chi connectivity index (χ0v) is 12.7. The van der Waals surface area contributed by atoms with Gasteiger partial charge in [0.25, 0.3) is 0 Å². The maximum Gasteiger partial charge on any atom is 0.323 e. The topological polar surface area (TPSA) is 63.7 Å². The number of esters is 1. The highest BCUT2D eigenvalue weighted by Gasteiger charge is 2.29. The predicted octanol–water partition coefficient (Wildman–Crippen LogP) is 1.23. The summed E-state index contributed by atoms with van der Waals surface area (Å²) in [5.41, 5.74) is 0. The molecule has 1 atom stereocenters. The molecule has 1 heterocycles. The summed E-state index contributed by atoms with van der Waals surface area (Å²) in [5, 5.41) is 0. The molecule has 1 fully saturated rings. The van der Waals surface area contributed by atoms with Crippen molar-refractivity contribution in [2.45, 2.75) is 45.6 Å². The summed E-state index contributed by atoms with van der Waals surface area (Å²) in [7, 11) is -2.91. The summed E-state index contributed by atoms with van der Waals surface area (Å²) in [6, 6.07) is -0.182. The van der Waals surface area contributed by atoms with Crippen LogP contribution in [0.3, 0.4) is 0 Å². The van der Waals surface area contributed by atoms with Crippen LogP contribution in [0.1, 0.15) is 39.5 Å². The van der Waals surface area contributed by atoms with Gasteiger partial charge in [-0.2, -0.15) is 0 Å². The van der Waals surface area contributed by atoms with Crippen molar-refractivity contribution in [3.63, 3.8) is 0 Å². The summed E-state index contributed by atoms with van der Waals surface area (Å²) in [5.74, 6) is 0.227. The first-order valence-corrected chi connectivity index (χ1v) is 8.93. The molecule has 5 nitrogen and oxygen atoms in total. The van der Waals surface area contributed by atoms with Crippen LogP contribution in [0.15, 0.2) is 0 Å². The maximum atomic E-state index is 11.8. The molecule has 0 amide bonds. The summed E-state index contributed by atoms with van der Waals surface area (Å²) < 4.78 is 28.0. The molecule has 0 aromatic carbocycles. The van der Waals surface area contributed by atoms with Gasteiger partial charge in [0.1, 0.15) is 15.9 Å². The molecular weight excluding hydrogens is 266 g/mol. The molecule has 0 aliphatic carbocycles. The first-order chi connectivity index (χ1) is 9.00. The molecule has 0 bridgehead atoms. The monoisotopic (exact) mass is 291 g/mol. The molecule has 6 heteroatoms. The molecule has 1 unspecified atom stereocenters. The molecular formula is C13H25NO4S. The molecule has 1 aliphatic heterocycles. The van der Waals surface area contributed by atoms with Gasteiger partial charge >= 0.3 is 5.97 Å². The lowest BCUT2D eigenvalue weighted by atomic mass is 10.0. The largest absolute Gasteiger partial charge is 0.465 e. The highest BCUT2D eigenvalue weighted by Crippen LogP contribution is 2.18. The maximum absolute atomic E-state index is 11.8. The molecule has 19 heavy (non-hydrogen) atoms. The van der Waals surface area contributed by atoms with Crippen molar-refractivity contribution < 1.29 is 17.9 Å². The van der Waals surface area contributed by atoms with E-state index in [0.29, 0.717) is 19.6 Å². The third-order valence-electron chi connectivity index (χ3n) is 3.51. The van der Waals surface area contributed by atoms with Crippen LogP contribution in [-0.2, 0) is 19.4 Å². The Hall–Kier alpha value is -0.620. The zero-order valence-electron chi connectivity index (χ0n) is 11.9. The number of ether oxygens (including phenoxy) is 1. The van der Waals surface area contributed by atoms with Crippen LogP contribution >= 0.6 is 0 Å². The minimum Gasteiger partial charge on any atom is -0.465 e. The summed E-state index contributed by atoms with van der Waals surface area (Å²) in [6.45, 7) is 5.38. The van der Waals surface area contributed by atoms with Crippen LogP contribution in [-0.4, -0.2) is 56.5 Å². The van der Waals surface area contributed by atoms with E-state index in [2.05, 4.69) is 4.90 Å². The molecule has 0 radical (unpaired) electrons. The van der Waals surface area contributed by atoms with Gasteiger partial charge in [-0.05, 0) is 39.3 Å². The van der Waals surface area contributed by atoms with E-state index in [-0.39, 0.29) is 23.5 Å². The number of nitrogens with zero attached hydrogens (tertiary/aromatic N) is 1. The van der Waals surface area contributed by atoms with Gasteiger partial charge in [0.05, 0.1) is 12.4 Å². The Labute approximate surface area is 116 Å². The fourth-order valence-electron chi connectivity index (χ4n) is 2.40. The van der Waals surface area contributed by atoms with E-state index in [9.17, 15) is 13.2 Å². The Morgan fingerprint density at radius 3 is 2.68 bits per heavy atom. The molecule has 0 saturated carbocycles. The van der Waals surface area contributed by atoms with Crippen molar-refractivity contribution in [1.82, 2.24) is 4.90 Å². The first kappa shape index (κ1) is 16.4. The Morgan fingerprint density at radius 1 is 1.32 bits per heavy atom. The van der Waals surface area contributed by atoms with Gasteiger partial charge in [0.2, 0.25) is 0 Å². The van der Waals surface area contributed by atoms with Crippen LogP contribution in [0.5, 0.6) is 0 Å². The molecule has 1 aliphatic rings. The average Bonchev–Trinajstić information content (AvgIpc) is 2.39. The van der Waals surface area contributed by atoms with Gasteiger partial charge in [0, 0.05) is 5.75 Å². The quantitative estimate of drug-likeness (QED) is 0.660. The van der Waals surface area contributed by atoms with Gasteiger partial charge in [-0.15, -0.1) is 0 Å². The van der Waals surface area contributed by atoms with Crippen molar-refractivity contribution >= 4 is 15.8 Å². The van der Waals surface area contributed by atoms with Crippen LogP contribution in [0, 0.1) is 0 Å². The smallest absolute Gasteiger partial charge is 0.323 e. The molecule has 0 N–H and O–H groups in total. The summed E-state index contributed by atoms with van der Waals surface area (Å²) in [4.78, 5) is 13.9. The van der Waals surface area contributed by atoms with Crippen LogP contribution in [0.4, 0.5) is 0 Å². The minimum absolute atomic E-state index is 0.166. The predicted molar refractivity (Wildman–Crippen MR) is 74.8 cm³/mol. The lowest BCUT2D eigenvalue weighted by Gasteiger charge is -2.33. The Kier molecular flexibility index (Phi) is 6.79. The van der Waals surface area contributed by atoms with Gasteiger partial charge < -0.3 is 4.74 Å². The van der Waals surface area contributed by atoms with Crippen LogP contribution < -0.4 is 0 Å². The highest BCUT2D eigenvalue weighted by atomic mass is 32.2. The van der Waals surface area contributed by atoms with Crippen molar-refractivity contribution in [1.29, 1.82) is 0 Å². The fraction of sp³-hybridized carbons (Fsp3) is 0.923. The standard InChI is InChI=1S/C13H25NO4S/c1-3-18-13(15)12-8-5-6-9-14(12)10-7-11-19(16,17)4-2/h12H,3-11H2,1-2H3. The van der Waals surface area contributed by atoms with E-state index in [0.717, 1.165) is 25.8 Å². The SMILES string of the molecule is CCOC(=O)C1CCCCN1CCCS(=O)(=O)CC.